The monoisotopic (exact) mass is 250 g/mol. The molecule has 0 spiro atoms. The smallest absolute Gasteiger partial charge is 0.236 e. The lowest BCUT2D eigenvalue weighted by atomic mass is 10.0. The number of nitrogens with zero attached hydrogens (tertiary/aromatic N) is 2. The minimum absolute atomic E-state index is 0.00230. The SMILES string of the molecule is C[C@H]([C@@H](O)c1ccccc1)N(C)C(=O)CN(C)C. The van der Waals surface area contributed by atoms with Crippen LogP contribution in [-0.4, -0.2) is 54.5 Å². The first-order chi connectivity index (χ1) is 8.43. The standard InChI is InChI=1S/C14H22N2O2/c1-11(16(4)13(17)10-15(2)3)14(18)12-8-6-5-7-9-12/h5-9,11,14,18H,10H2,1-4H3/t11-,14-/m1/s1. The Labute approximate surface area is 109 Å². The van der Waals surface area contributed by atoms with Crippen LogP contribution in [0.25, 0.3) is 0 Å². The number of aliphatic hydroxyl groups is 1. The van der Waals surface area contributed by atoms with Crippen LogP contribution in [0.5, 0.6) is 0 Å². The number of amides is 1. The second-order valence-electron chi connectivity index (χ2n) is 4.84. The van der Waals surface area contributed by atoms with E-state index in [2.05, 4.69) is 0 Å². The van der Waals surface area contributed by atoms with Crippen LogP contribution in [0, 0.1) is 0 Å². The third-order valence-electron chi connectivity index (χ3n) is 3.05. The minimum atomic E-state index is -0.665. The van der Waals surface area contributed by atoms with Crippen LogP contribution in [0.3, 0.4) is 0 Å². The number of benzene rings is 1. The third kappa shape index (κ3) is 3.82. The fraction of sp³-hybridized carbons (Fsp3) is 0.500. The fourth-order valence-corrected chi connectivity index (χ4v) is 1.75. The zero-order valence-corrected chi connectivity index (χ0v) is 11.5. The van der Waals surface area contributed by atoms with Gasteiger partial charge in [0.1, 0.15) is 0 Å². The Morgan fingerprint density at radius 3 is 2.28 bits per heavy atom. The molecule has 0 radical (unpaired) electrons. The van der Waals surface area contributed by atoms with Crippen molar-refractivity contribution in [3.05, 3.63) is 35.9 Å². The van der Waals surface area contributed by atoms with E-state index in [1.165, 1.54) is 0 Å². The molecule has 4 nitrogen and oxygen atoms in total. The minimum Gasteiger partial charge on any atom is -0.386 e. The van der Waals surface area contributed by atoms with Crippen molar-refractivity contribution in [1.29, 1.82) is 0 Å². The highest BCUT2D eigenvalue weighted by atomic mass is 16.3. The predicted molar refractivity (Wildman–Crippen MR) is 72.2 cm³/mol. The lowest BCUT2D eigenvalue weighted by molar-refractivity contribution is -0.134. The van der Waals surface area contributed by atoms with Gasteiger partial charge in [0, 0.05) is 7.05 Å². The molecule has 0 saturated heterocycles. The molecule has 0 aliphatic heterocycles. The van der Waals surface area contributed by atoms with E-state index in [1.807, 2.05) is 56.3 Å². The quantitative estimate of drug-likeness (QED) is 0.852. The summed E-state index contributed by atoms with van der Waals surface area (Å²) in [7, 11) is 5.43. The van der Waals surface area contributed by atoms with Gasteiger partial charge in [0.25, 0.3) is 0 Å². The molecule has 0 unspecified atom stereocenters. The molecule has 1 rings (SSSR count). The molecule has 1 N–H and O–H groups in total. The highest BCUT2D eigenvalue weighted by molar-refractivity contribution is 5.78. The molecule has 1 aromatic carbocycles. The van der Waals surface area contributed by atoms with Crippen molar-refractivity contribution in [2.24, 2.45) is 0 Å². The topological polar surface area (TPSA) is 43.8 Å². The van der Waals surface area contributed by atoms with Crippen LogP contribution in [0.1, 0.15) is 18.6 Å². The van der Waals surface area contributed by atoms with E-state index in [1.54, 1.807) is 11.9 Å². The van der Waals surface area contributed by atoms with Crippen molar-refractivity contribution < 1.29 is 9.90 Å². The Hall–Kier alpha value is -1.39. The van der Waals surface area contributed by atoms with E-state index in [-0.39, 0.29) is 11.9 Å². The van der Waals surface area contributed by atoms with Crippen LogP contribution in [0.4, 0.5) is 0 Å². The molecule has 18 heavy (non-hydrogen) atoms. The van der Waals surface area contributed by atoms with Gasteiger partial charge in [-0.05, 0) is 26.6 Å². The highest BCUT2D eigenvalue weighted by Crippen LogP contribution is 2.19. The van der Waals surface area contributed by atoms with Crippen molar-refractivity contribution in [3.63, 3.8) is 0 Å². The summed E-state index contributed by atoms with van der Waals surface area (Å²) in [6.45, 7) is 2.20. The summed E-state index contributed by atoms with van der Waals surface area (Å²) in [6, 6.07) is 9.15. The molecule has 100 valence electrons. The molecule has 2 atom stereocenters. The number of rotatable bonds is 5. The van der Waals surface area contributed by atoms with E-state index < -0.39 is 6.10 Å². The Balaban J connectivity index is 2.69. The molecule has 4 heteroatoms. The number of likely N-dealkylation sites (N-methyl/N-ethyl adjacent to an activating group) is 2. The average Bonchev–Trinajstić information content (AvgIpc) is 2.36. The van der Waals surface area contributed by atoms with Crippen LogP contribution < -0.4 is 0 Å². The first kappa shape index (κ1) is 14.7. The van der Waals surface area contributed by atoms with Gasteiger partial charge in [-0.25, -0.2) is 0 Å². The maximum Gasteiger partial charge on any atom is 0.236 e. The first-order valence-electron chi connectivity index (χ1n) is 6.07. The summed E-state index contributed by atoms with van der Waals surface area (Å²) < 4.78 is 0. The van der Waals surface area contributed by atoms with Gasteiger partial charge < -0.3 is 14.9 Å². The summed E-state index contributed by atoms with van der Waals surface area (Å²) >= 11 is 0. The van der Waals surface area contributed by atoms with Crippen LogP contribution in [0.2, 0.25) is 0 Å². The summed E-state index contributed by atoms with van der Waals surface area (Å²) in [5, 5.41) is 10.2. The maximum atomic E-state index is 11.9. The summed E-state index contributed by atoms with van der Waals surface area (Å²) in [4.78, 5) is 15.3. The normalized spacial score (nSPS) is 14.3. The summed E-state index contributed by atoms with van der Waals surface area (Å²) in [5.41, 5.74) is 0.828. The van der Waals surface area contributed by atoms with Gasteiger partial charge >= 0.3 is 0 Å². The molecule has 0 aromatic heterocycles. The van der Waals surface area contributed by atoms with E-state index in [0.29, 0.717) is 6.54 Å². The molecular weight excluding hydrogens is 228 g/mol. The molecule has 0 fully saturated rings. The van der Waals surface area contributed by atoms with E-state index in [0.717, 1.165) is 5.56 Å². The van der Waals surface area contributed by atoms with Crippen LogP contribution >= 0.6 is 0 Å². The fourth-order valence-electron chi connectivity index (χ4n) is 1.75. The molecule has 1 aromatic rings. The van der Waals surface area contributed by atoms with Gasteiger partial charge in [-0.1, -0.05) is 30.3 Å². The first-order valence-corrected chi connectivity index (χ1v) is 6.07. The molecule has 1 amide bonds. The Morgan fingerprint density at radius 1 is 1.22 bits per heavy atom. The molecular formula is C14H22N2O2. The lowest BCUT2D eigenvalue weighted by Gasteiger charge is -2.30. The van der Waals surface area contributed by atoms with Gasteiger partial charge in [0.05, 0.1) is 18.7 Å². The largest absolute Gasteiger partial charge is 0.386 e. The number of hydrogen-bond donors (Lipinski definition) is 1. The van der Waals surface area contributed by atoms with Gasteiger partial charge in [-0.15, -0.1) is 0 Å². The second kappa shape index (κ2) is 6.52. The predicted octanol–water partition coefficient (Wildman–Crippen LogP) is 1.13. The average molecular weight is 250 g/mol. The number of hydrogen-bond acceptors (Lipinski definition) is 3. The molecule has 0 bridgehead atoms. The van der Waals surface area contributed by atoms with Crippen molar-refractivity contribution in [2.75, 3.05) is 27.7 Å². The molecule has 0 aliphatic rings. The van der Waals surface area contributed by atoms with Crippen LogP contribution in [-0.2, 0) is 4.79 Å². The zero-order valence-electron chi connectivity index (χ0n) is 11.5. The van der Waals surface area contributed by atoms with Gasteiger partial charge in [-0.3, -0.25) is 4.79 Å². The van der Waals surface area contributed by atoms with Crippen molar-refractivity contribution >= 4 is 5.91 Å². The number of aliphatic hydroxyl groups excluding tert-OH is 1. The Bertz CT molecular complexity index is 379. The maximum absolute atomic E-state index is 11.9. The molecule has 0 saturated carbocycles. The molecule has 0 aliphatic carbocycles. The second-order valence-corrected chi connectivity index (χ2v) is 4.84. The van der Waals surface area contributed by atoms with E-state index in [4.69, 9.17) is 0 Å². The number of carbonyl (C=O) groups is 1. The van der Waals surface area contributed by atoms with Gasteiger partial charge in [0.2, 0.25) is 5.91 Å². The van der Waals surface area contributed by atoms with E-state index in [9.17, 15) is 9.90 Å². The van der Waals surface area contributed by atoms with Crippen LogP contribution in [0.15, 0.2) is 30.3 Å². The van der Waals surface area contributed by atoms with Gasteiger partial charge in [-0.2, -0.15) is 0 Å². The number of carbonyl (C=O) groups excluding carboxylic acids is 1. The Kier molecular flexibility index (Phi) is 5.31. The summed E-state index contributed by atoms with van der Waals surface area (Å²) in [5.74, 6) is 0.00230. The highest BCUT2D eigenvalue weighted by Gasteiger charge is 2.23. The van der Waals surface area contributed by atoms with E-state index >= 15 is 0 Å². The Morgan fingerprint density at radius 2 is 1.78 bits per heavy atom. The molecule has 0 heterocycles. The van der Waals surface area contributed by atoms with Crippen molar-refractivity contribution in [2.45, 2.75) is 19.1 Å². The van der Waals surface area contributed by atoms with Gasteiger partial charge in [0.15, 0.2) is 0 Å². The third-order valence-corrected chi connectivity index (χ3v) is 3.05. The zero-order chi connectivity index (χ0) is 13.7. The van der Waals surface area contributed by atoms with Crippen molar-refractivity contribution in [3.8, 4) is 0 Å². The lowest BCUT2D eigenvalue weighted by Crippen LogP contribution is -2.43. The van der Waals surface area contributed by atoms with Crippen molar-refractivity contribution in [1.82, 2.24) is 9.80 Å². The summed E-state index contributed by atoms with van der Waals surface area (Å²) in [6.07, 6.45) is -0.665.